The van der Waals surface area contributed by atoms with Gasteiger partial charge in [0.05, 0.1) is 5.75 Å². The van der Waals surface area contributed by atoms with Crippen LogP contribution in [0.2, 0.25) is 0 Å². The Hall–Kier alpha value is -0.870. The van der Waals surface area contributed by atoms with E-state index in [-0.39, 0.29) is 5.75 Å². The van der Waals surface area contributed by atoms with Gasteiger partial charge in [-0.15, -0.1) is 0 Å². The number of nitrogens with one attached hydrogen (secondary N) is 1. The molecular weight excluding hydrogens is 246 g/mol. The Morgan fingerprint density at radius 1 is 1.22 bits per heavy atom. The van der Waals surface area contributed by atoms with E-state index >= 15 is 0 Å². The summed E-state index contributed by atoms with van der Waals surface area (Å²) < 4.78 is 21.9. The molecule has 1 aromatic rings. The summed E-state index contributed by atoms with van der Waals surface area (Å²) >= 11 is 0. The van der Waals surface area contributed by atoms with E-state index in [9.17, 15) is 8.42 Å². The van der Waals surface area contributed by atoms with Crippen molar-refractivity contribution in [2.45, 2.75) is 19.8 Å². The van der Waals surface area contributed by atoms with E-state index < -0.39 is 9.84 Å². The molecule has 0 fully saturated rings. The zero-order valence-electron chi connectivity index (χ0n) is 11.2. The molecule has 0 amide bonds. The third-order valence-corrected chi connectivity index (χ3v) is 3.86. The summed E-state index contributed by atoms with van der Waals surface area (Å²) in [7, 11) is -2.84. The maximum Gasteiger partial charge on any atom is 0.148 e. The van der Waals surface area contributed by atoms with Gasteiger partial charge in [0.1, 0.15) is 9.84 Å². The van der Waals surface area contributed by atoms with Gasteiger partial charge < -0.3 is 5.32 Å². The van der Waals surface area contributed by atoms with Crippen LogP contribution in [0.15, 0.2) is 30.3 Å². The molecule has 0 saturated carbocycles. The van der Waals surface area contributed by atoms with Crippen molar-refractivity contribution >= 4 is 9.84 Å². The van der Waals surface area contributed by atoms with Crippen molar-refractivity contribution in [3.8, 4) is 0 Å². The van der Waals surface area contributed by atoms with Crippen molar-refractivity contribution in [2.75, 3.05) is 25.1 Å². The van der Waals surface area contributed by atoms with Crippen molar-refractivity contribution in [3.63, 3.8) is 0 Å². The summed E-state index contributed by atoms with van der Waals surface area (Å²) in [6.07, 6.45) is 3.47. The van der Waals surface area contributed by atoms with E-state index in [0.717, 1.165) is 19.4 Å². The van der Waals surface area contributed by atoms with Crippen LogP contribution in [0.4, 0.5) is 0 Å². The van der Waals surface area contributed by atoms with Gasteiger partial charge >= 0.3 is 0 Å². The standard InChI is InChI=1S/C14H23NO2S/c1-13(12-15-10-11-18(2,16)17)8-9-14-6-4-3-5-7-14/h3-7,13,15H,8-12H2,1-2H3/t13-/m1/s1. The van der Waals surface area contributed by atoms with Gasteiger partial charge in [-0.05, 0) is 30.9 Å². The lowest BCUT2D eigenvalue weighted by atomic mass is 10.0. The molecule has 0 spiro atoms. The van der Waals surface area contributed by atoms with Crippen LogP contribution >= 0.6 is 0 Å². The molecule has 0 aromatic heterocycles. The predicted octanol–water partition coefficient (Wildman–Crippen LogP) is 1.89. The molecule has 0 saturated heterocycles. The first-order chi connectivity index (χ1) is 8.47. The molecule has 0 aliphatic rings. The van der Waals surface area contributed by atoms with Crippen LogP contribution < -0.4 is 5.32 Å². The van der Waals surface area contributed by atoms with E-state index in [1.54, 1.807) is 0 Å². The van der Waals surface area contributed by atoms with Crippen molar-refractivity contribution in [1.29, 1.82) is 0 Å². The molecule has 0 aliphatic heterocycles. The Kier molecular flexibility index (Phi) is 6.36. The summed E-state index contributed by atoms with van der Waals surface area (Å²) in [6, 6.07) is 10.4. The Morgan fingerprint density at radius 2 is 1.89 bits per heavy atom. The Bertz CT molecular complexity index is 428. The van der Waals surface area contributed by atoms with Crippen LogP contribution in [-0.4, -0.2) is 33.5 Å². The monoisotopic (exact) mass is 269 g/mol. The minimum atomic E-state index is -2.84. The SMILES string of the molecule is C[C@H](CCc1ccccc1)CNCCS(C)(=O)=O. The van der Waals surface area contributed by atoms with Crippen molar-refractivity contribution < 1.29 is 8.42 Å². The number of benzene rings is 1. The van der Waals surface area contributed by atoms with Crippen LogP contribution in [0.3, 0.4) is 0 Å². The van der Waals surface area contributed by atoms with Gasteiger partial charge in [-0.3, -0.25) is 0 Å². The number of hydrogen-bond donors (Lipinski definition) is 1. The molecule has 1 atom stereocenters. The quantitative estimate of drug-likeness (QED) is 0.733. The number of aryl methyl sites for hydroxylation is 1. The van der Waals surface area contributed by atoms with Crippen LogP contribution in [0.1, 0.15) is 18.9 Å². The van der Waals surface area contributed by atoms with Gasteiger partial charge in [-0.25, -0.2) is 8.42 Å². The van der Waals surface area contributed by atoms with Crippen LogP contribution in [0, 0.1) is 5.92 Å². The largest absolute Gasteiger partial charge is 0.315 e. The molecule has 0 unspecified atom stereocenters. The molecule has 18 heavy (non-hydrogen) atoms. The smallest absolute Gasteiger partial charge is 0.148 e. The van der Waals surface area contributed by atoms with E-state index in [0.29, 0.717) is 12.5 Å². The molecular formula is C14H23NO2S. The Labute approximate surface area is 111 Å². The fourth-order valence-electron chi connectivity index (χ4n) is 1.77. The van der Waals surface area contributed by atoms with Gasteiger partial charge in [0.15, 0.2) is 0 Å². The second kappa shape index (κ2) is 7.54. The molecule has 1 N–H and O–H groups in total. The first-order valence-corrected chi connectivity index (χ1v) is 8.46. The van der Waals surface area contributed by atoms with Gasteiger partial charge in [0, 0.05) is 12.8 Å². The summed E-state index contributed by atoms with van der Waals surface area (Å²) in [5.41, 5.74) is 1.36. The molecule has 3 nitrogen and oxygen atoms in total. The molecule has 0 radical (unpaired) electrons. The number of rotatable bonds is 8. The van der Waals surface area contributed by atoms with Gasteiger partial charge in [0.25, 0.3) is 0 Å². The summed E-state index contributed by atoms with van der Waals surface area (Å²) in [5, 5.41) is 3.20. The Morgan fingerprint density at radius 3 is 2.50 bits per heavy atom. The average molecular weight is 269 g/mol. The third kappa shape index (κ3) is 7.45. The fourth-order valence-corrected chi connectivity index (χ4v) is 2.28. The van der Waals surface area contributed by atoms with E-state index in [1.807, 2.05) is 6.07 Å². The summed E-state index contributed by atoms with van der Waals surface area (Å²) in [4.78, 5) is 0. The topological polar surface area (TPSA) is 46.2 Å². The molecule has 4 heteroatoms. The lowest BCUT2D eigenvalue weighted by Crippen LogP contribution is -2.27. The second-order valence-corrected chi connectivity index (χ2v) is 7.22. The fraction of sp³-hybridized carbons (Fsp3) is 0.571. The highest BCUT2D eigenvalue weighted by Gasteiger charge is 2.04. The summed E-state index contributed by atoms with van der Waals surface area (Å²) in [6.45, 7) is 3.62. The van der Waals surface area contributed by atoms with E-state index in [2.05, 4.69) is 36.5 Å². The molecule has 0 bridgehead atoms. The highest BCUT2D eigenvalue weighted by atomic mass is 32.2. The average Bonchev–Trinajstić information content (AvgIpc) is 2.32. The van der Waals surface area contributed by atoms with Gasteiger partial charge in [0.2, 0.25) is 0 Å². The first-order valence-electron chi connectivity index (χ1n) is 6.40. The van der Waals surface area contributed by atoms with E-state index in [1.165, 1.54) is 11.8 Å². The molecule has 0 aliphatic carbocycles. The van der Waals surface area contributed by atoms with Crippen LogP contribution in [0.25, 0.3) is 0 Å². The van der Waals surface area contributed by atoms with Gasteiger partial charge in [-0.1, -0.05) is 37.3 Å². The minimum Gasteiger partial charge on any atom is -0.315 e. The molecule has 1 rings (SSSR count). The highest BCUT2D eigenvalue weighted by molar-refractivity contribution is 7.90. The normalized spacial score (nSPS) is 13.4. The summed E-state index contributed by atoms with van der Waals surface area (Å²) in [5.74, 6) is 0.781. The zero-order chi connectivity index (χ0) is 13.4. The maximum atomic E-state index is 10.9. The predicted molar refractivity (Wildman–Crippen MR) is 76.5 cm³/mol. The number of sulfone groups is 1. The lowest BCUT2D eigenvalue weighted by molar-refractivity contribution is 0.488. The van der Waals surface area contributed by atoms with E-state index in [4.69, 9.17) is 0 Å². The van der Waals surface area contributed by atoms with Crippen molar-refractivity contribution in [1.82, 2.24) is 5.32 Å². The maximum absolute atomic E-state index is 10.9. The molecule has 102 valence electrons. The number of hydrogen-bond acceptors (Lipinski definition) is 3. The van der Waals surface area contributed by atoms with Crippen LogP contribution in [-0.2, 0) is 16.3 Å². The first kappa shape index (κ1) is 15.2. The third-order valence-electron chi connectivity index (χ3n) is 2.91. The minimum absolute atomic E-state index is 0.221. The van der Waals surface area contributed by atoms with Crippen molar-refractivity contribution in [2.24, 2.45) is 5.92 Å². The second-order valence-electron chi connectivity index (χ2n) is 4.96. The van der Waals surface area contributed by atoms with Gasteiger partial charge in [-0.2, -0.15) is 0 Å². The highest BCUT2D eigenvalue weighted by Crippen LogP contribution is 2.08. The molecule has 1 aromatic carbocycles. The zero-order valence-corrected chi connectivity index (χ0v) is 12.0. The molecule has 0 heterocycles. The van der Waals surface area contributed by atoms with Crippen molar-refractivity contribution in [3.05, 3.63) is 35.9 Å². The Balaban J connectivity index is 2.13. The van der Waals surface area contributed by atoms with Crippen LogP contribution in [0.5, 0.6) is 0 Å². The lowest BCUT2D eigenvalue weighted by Gasteiger charge is -2.12.